The second-order valence-corrected chi connectivity index (χ2v) is 5.80. The average Bonchev–Trinajstić information content (AvgIpc) is 2.86. The monoisotopic (exact) mass is 352 g/mol. The Kier molecular flexibility index (Phi) is 4.93. The predicted molar refractivity (Wildman–Crippen MR) is 99.7 cm³/mol. The molecule has 26 heavy (non-hydrogen) atoms. The topological polar surface area (TPSA) is 69.6 Å². The van der Waals surface area contributed by atoms with E-state index in [0.717, 1.165) is 11.2 Å². The Morgan fingerprint density at radius 3 is 2.54 bits per heavy atom. The van der Waals surface area contributed by atoms with E-state index in [9.17, 15) is 9.59 Å². The number of nitrogens with one attached hydrogen (secondary N) is 1. The summed E-state index contributed by atoms with van der Waals surface area (Å²) in [4.78, 5) is 24.4. The van der Waals surface area contributed by atoms with Gasteiger partial charge in [-0.3, -0.25) is 5.32 Å². The van der Waals surface area contributed by atoms with E-state index >= 15 is 0 Å². The van der Waals surface area contributed by atoms with Gasteiger partial charge in [-0.05, 0) is 44.2 Å². The highest BCUT2D eigenvalue weighted by Gasteiger charge is 2.20. The van der Waals surface area contributed by atoms with Crippen LogP contribution in [0.2, 0.25) is 0 Å². The van der Waals surface area contributed by atoms with Gasteiger partial charge in [-0.2, -0.15) is 0 Å². The zero-order chi connectivity index (χ0) is 18.7. The summed E-state index contributed by atoms with van der Waals surface area (Å²) in [5.74, 6) is -0.0384. The molecule has 0 saturated heterocycles. The number of carbonyl (C=O) groups excluding carboxylic acids is 2. The van der Waals surface area contributed by atoms with Crippen LogP contribution in [-0.4, -0.2) is 23.2 Å². The third-order valence-corrected chi connectivity index (χ3v) is 4.17. The molecule has 0 aliphatic heterocycles. The number of benzene rings is 2. The summed E-state index contributed by atoms with van der Waals surface area (Å²) < 4.78 is 12.4. The van der Waals surface area contributed by atoms with E-state index in [1.54, 1.807) is 31.2 Å². The van der Waals surface area contributed by atoms with Crippen molar-refractivity contribution >= 4 is 28.7 Å². The van der Waals surface area contributed by atoms with Crippen molar-refractivity contribution in [1.82, 2.24) is 4.57 Å². The average molecular weight is 352 g/mol. The lowest BCUT2D eigenvalue weighted by atomic mass is 10.1. The maximum absolute atomic E-state index is 12.3. The summed E-state index contributed by atoms with van der Waals surface area (Å²) in [6.45, 7) is 3.92. The van der Waals surface area contributed by atoms with Crippen LogP contribution in [0.4, 0.5) is 10.5 Å². The van der Waals surface area contributed by atoms with Gasteiger partial charge in [0.1, 0.15) is 5.75 Å². The van der Waals surface area contributed by atoms with Gasteiger partial charge in [0.15, 0.2) is 0 Å². The molecule has 6 nitrogen and oxygen atoms in total. The number of ether oxygens (including phenoxy) is 2. The van der Waals surface area contributed by atoms with E-state index in [2.05, 4.69) is 5.32 Å². The molecule has 0 radical (unpaired) electrons. The Morgan fingerprint density at radius 2 is 1.85 bits per heavy atom. The first-order valence-corrected chi connectivity index (χ1v) is 8.31. The molecule has 0 aliphatic rings. The van der Waals surface area contributed by atoms with Gasteiger partial charge in [-0.15, -0.1) is 0 Å². The number of esters is 1. The van der Waals surface area contributed by atoms with Crippen molar-refractivity contribution in [2.24, 2.45) is 7.05 Å². The fraction of sp³-hybridized carbons (Fsp3) is 0.200. The smallest absolute Gasteiger partial charge is 0.417 e. The van der Waals surface area contributed by atoms with E-state index in [-0.39, 0.29) is 5.97 Å². The molecule has 0 spiro atoms. The van der Waals surface area contributed by atoms with Crippen molar-refractivity contribution in [3.05, 3.63) is 59.8 Å². The van der Waals surface area contributed by atoms with Crippen LogP contribution >= 0.6 is 0 Å². The molecule has 1 heterocycles. The van der Waals surface area contributed by atoms with E-state index in [1.165, 1.54) is 0 Å². The van der Waals surface area contributed by atoms with Gasteiger partial charge in [0, 0.05) is 29.3 Å². The molecule has 6 heteroatoms. The Labute approximate surface area is 151 Å². The molecule has 0 unspecified atom stereocenters. The highest BCUT2D eigenvalue weighted by atomic mass is 16.6. The van der Waals surface area contributed by atoms with Crippen molar-refractivity contribution in [1.29, 1.82) is 0 Å². The first-order valence-electron chi connectivity index (χ1n) is 8.31. The molecule has 1 N–H and O–H groups in total. The molecule has 1 aromatic heterocycles. The molecule has 1 amide bonds. The largest absolute Gasteiger partial charge is 0.462 e. The first-order chi connectivity index (χ1) is 12.5. The molecule has 2 aromatic carbocycles. The van der Waals surface area contributed by atoms with E-state index in [0.29, 0.717) is 29.0 Å². The third kappa shape index (κ3) is 3.39. The van der Waals surface area contributed by atoms with Crippen molar-refractivity contribution in [2.45, 2.75) is 13.8 Å². The Morgan fingerprint density at radius 1 is 1.12 bits per heavy atom. The molecular weight excluding hydrogens is 332 g/mol. The molecular formula is C20H20N2O4. The number of rotatable bonds is 4. The van der Waals surface area contributed by atoms with Crippen LogP contribution in [0.15, 0.2) is 48.5 Å². The van der Waals surface area contributed by atoms with Gasteiger partial charge in [-0.1, -0.05) is 18.2 Å². The molecule has 3 rings (SSSR count). The fourth-order valence-electron chi connectivity index (χ4n) is 2.85. The maximum Gasteiger partial charge on any atom is 0.417 e. The highest BCUT2D eigenvalue weighted by molar-refractivity contribution is 6.06. The Hall–Kier alpha value is -3.28. The Balaban J connectivity index is 1.89. The number of hydrogen-bond acceptors (Lipinski definition) is 4. The van der Waals surface area contributed by atoms with Crippen LogP contribution in [0.3, 0.4) is 0 Å². The normalized spacial score (nSPS) is 10.6. The lowest BCUT2D eigenvalue weighted by molar-refractivity contribution is 0.0527. The van der Waals surface area contributed by atoms with Crippen molar-refractivity contribution in [2.75, 3.05) is 11.9 Å². The second-order valence-electron chi connectivity index (χ2n) is 5.80. The van der Waals surface area contributed by atoms with Crippen LogP contribution in [0.25, 0.3) is 10.9 Å². The molecule has 3 aromatic rings. The van der Waals surface area contributed by atoms with Crippen molar-refractivity contribution in [3.8, 4) is 5.75 Å². The number of aromatic nitrogens is 1. The summed E-state index contributed by atoms with van der Waals surface area (Å²) in [5, 5.41) is 3.34. The lowest BCUT2D eigenvalue weighted by Gasteiger charge is -2.07. The summed E-state index contributed by atoms with van der Waals surface area (Å²) in [7, 11) is 1.88. The van der Waals surface area contributed by atoms with Gasteiger partial charge in [0.25, 0.3) is 0 Å². The van der Waals surface area contributed by atoms with Crippen LogP contribution < -0.4 is 10.1 Å². The number of hydrogen-bond donors (Lipinski definition) is 1. The van der Waals surface area contributed by atoms with Gasteiger partial charge in [-0.25, -0.2) is 9.59 Å². The number of nitrogens with zero attached hydrogens (tertiary/aromatic N) is 1. The zero-order valence-electron chi connectivity index (χ0n) is 14.9. The summed E-state index contributed by atoms with van der Waals surface area (Å²) in [5.41, 5.74) is 2.78. The summed E-state index contributed by atoms with van der Waals surface area (Å²) in [6.07, 6.45) is -0.596. The van der Waals surface area contributed by atoms with Crippen LogP contribution in [0.1, 0.15) is 23.0 Å². The molecule has 0 aliphatic carbocycles. The first kappa shape index (κ1) is 17.5. The second kappa shape index (κ2) is 7.31. The van der Waals surface area contributed by atoms with E-state index in [4.69, 9.17) is 9.47 Å². The minimum Gasteiger partial charge on any atom is -0.462 e. The number of amides is 1. The molecule has 0 atom stereocenters. The van der Waals surface area contributed by atoms with Crippen LogP contribution in [-0.2, 0) is 11.8 Å². The lowest BCUT2D eigenvalue weighted by Crippen LogP contribution is -2.16. The van der Waals surface area contributed by atoms with E-state index < -0.39 is 6.09 Å². The van der Waals surface area contributed by atoms with Gasteiger partial charge >= 0.3 is 12.1 Å². The quantitative estimate of drug-likeness (QED) is 0.712. The SMILES string of the molecule is CCOC(=O)c1c(C)n(C)c2ccc(OC(=O)Nc3ccccc3)cc12. The van der Waals surface area contributed by atoms with Crippen molar-refractivity contribution < 1.29 is 19.1 Å². The third-order valence-electron chi connectivity index (χ3n) is 4.17. The Bertz CT molecular complexity index is 961. The number of anilines is 1. The predicted octanol–water partition coefficient (Wildman–Crippen LogP) is 4.27. The highest BCUT2D eigenvalue weighted by Crippen LogP contribution is 2.29. The van der Waals surface area contributed by atoms with E-state index in [1.807, 2.05) is 42.8 Å². The number of aryl methyl sites for hydroxylation is 1. The maximum atomic E-state index is 12.3. The molecule has 0 bridgehead atoms. The fourth-order valence-corrected chi connectivity index (χ4v) is 2.85. The number of carbonyl (C=O) groups is 2. The molecule has 134 valence electrons. The zero-order valence-corrected chi connectivity index (χ0v) is 14.9. The minimum absolute atomic E-state index is 0.296. The van der Waals surface area contributed by atoms with Gasteiger partial charge in [0.05, 0.1) is 12.2 Å². The standard InChI is InChI=1S/C20H20N2O4/c1-4-25-19(23)18-13(2)22(3)17-11-10-15(12-16(17)18)26-20(24)21-14-8-6-5-7-9-14/h5-12H,4H2,1-3H3,(H,21,24). The number of fused-ring (bicyclic) bond motifs is 1. The summed E-state index contributed by atoms with van der Waals surface area (Å²) in [6, 6.07) is 14.2. The molecule has 0 fully saturated rings. The molecule has 0 saturated carbocycles. The van der Waals surface area contributed by atoms with Gasteiger partial charge in [0.2, 0.25) is 0 Å². The number of para-hydroxylation sites is 1. The minimum atomic E-state index is -0.596. The summed E-state index contributed by atoms with van der Waals surface area (Å²) >= 11 is 0. The van der Waals surface area contributed by atoms with Crippen LogP contribution in [0.5, 0.6) is 5.75 Å². The van der Waals surface area contributed by atoms with Crippen LogP contribution in [0, 0.1) is 6.92 Å². The van der Waals surface area contributed by atoms with Gasteiger partial charge < -0.3 is 14.0 Å². The van der Waals surface area contributed by atoms with Crippen molar-refractivity contribution in [3.63, 3.8) is 0 Å².